The monoisotopic (exact) mass is 117 g/mol. The molecule has 4 nitrogen and oxygen atoms in total. The van der Waals surface area contributed by atoms with Crippen LogP contribution in [0.2, 0.25) is 0 Å². The van der Waals surface area contributed by atoms with Crippen LogP contribution in [-0.4, -0.2) is 15.2 Å². The van der Waals surface area contributed by atoms with E-state index in [4.69, 9.17) is 0 Å². The molecular formula is C2H5N4S+. The Labute approximate surface area is 45.9 Å². The molecule has 1 heterocycles. The predicted molar refractivity (Wildman–Crippen MR) is 30.2 cm³/mol. The standard InChI is InChI=1S/C2H4N4S/c7-6-2-3-1-4-5-2/h1,7H,(H2,3,4,5,6)/p+1. The number of H-pyrrole nitrogens is 1. The van der Waals surface area contributed by atoms with Crippen LogP contribution < -0.4 is 4.72 Å². The minimum Gasteiger partial charge on any atom is -0.242 e. The smallest absolute Gasteiger partial charge is 0.242 e. The molecule has 0 atom stereocenters. The summed E-state index contributed by atoms with van der Waals surface area (Å²) in [4.78, 5) is 3.71. The van der Waals surface area contributed by atoms with Crippen molar-refractivity contribution in [1.82, 2.24) is 15.2 Å². The van der Waals surface area contributed by atoms with E-state index in [1.54, 1.807) is 0 Å². The van der Waals surface area contributed by atoms with Gasteiger partial charge in [0.05, 0.1) is 12.8 Å². The number of aromatic nitrogens is 3. The molecule has 0 radical (unpaired) electrons. The fourth-order valence-corrected chi connectivity index (χ4v) is 0.386. The first-order valence-electron chi connectivity index (χ1n) is 1.71. The van der Waals surface area contributed by atoms with Crippen molar-refractivity contribution in [2.75, 3.05) is 4.72 Å². The first-order chi connectivity index (χ1) is 3.43. The Bertz CT molecular complexity index is 124. The molecule has 0 aliphatic carbocycles. The maximum absolute atomic E-state index is 3.71. The average molecular weight is 117 g/mol. The van der Waals surface area contributed by atoms with Crippen LogP contribution in [0.5, 0.6) is 0 Å². The van der Waals surface area contributed by atoms with Gasteiger partial charge in [-0.3, -0.25) is 0 Å². The summed E-state index contributed by atoms with van der Waals surface area (Å²) in [5.74, 6) is 0.608. The SMILES string of the molecule is [SH2+]Nc1ncn[nH]1. The quantitative estimate of drug-likeness (QED) is 0.471. The van der Waals surface area contributed by atoms with Gasteiger partial charge in [-0.1, -0.05) is 0 Å². The molecular weight excluding hydrogens is 112 g/mol. The van der Waals surface area contributed by atoms with Crippen LogP contribution in [0.25, 0.3) is 0 Å². The van der Waals surface area contributed by atoms with E-state index in [-0.39, 0.29) is 0 Å². The molecule has 38 valence electrons. The van der Waals surface area contributed by atoms with E-state index in [0.717, 1.165) is 0 Å². The second-order valence-electron chi connectivity index (χ2n) is 0.959. The van der Waals surface area contributed by atoms with Gasteiger partial charge in [-0.25, -0.2) is 5.10 Å². The lowest BCUT2D eigenvalue weighted by atomic mass is 11.1. The Kier molecular flexibility index (Phi) is 1.16. The van der Waals surface area contributed by atoms with Crippen molar-refractivity contribution in [3.05, 3.63) is 6.33 Å². The Balaban J connectivity index is 2.76. The predicted octanol–water partition coefficient (Wildman–Crippen LogP) is -0.857. The largest absolute Gasteiger partial charge is 0.260 e. The van der Waals surface area contributed by atoms with Gasteiger partial charge in [0, 0.05) is 0 Å². The number of aromatic amines is 1. The minimum atomic E-state index is 0.608. The molecule has 0 aromatic carbocycles. The molecule has 7 heavy (non-hydrogen) atoms. The lowest BCUT2D eigenvalue weighted by Gasteiger charge is -1.76. The summed E-state index contributed by atoms with van der Waals surface area (Å²) < 4.78 is 2.58. The Morgan fingerprint density at radius 2 is 2.71 bits per heavy atom. The molecule has 0 unspecified atom stereocenters. The number of nitrogens with zero attached hydrogens (tertiary/aromatic N) is 2. The summed E-state index contributed by atoms with van der Waals surface area (Å²) in [6, 6.07) is 0. The molecule has 1 rings (SSSR count). The number of hydrogen-bond donors (Lipinski definition) is 2. The van der Waals surface area contributed by atoms with Crippen molar-refractivity contribution in [2.45, 2.75) is 0 Å². The van der Waals surface area contributed by atoms with Gasteiger partial charge in [0.1, 0.15) is 6.33 Å². The van der Waals surface area contributed by atoms with Gasteiger partial charge in [-0.05, 0) is 0 Å². The zero-order valence-corrected chi connectivity index (χ0v) is 4.47. The van der Waals surface area contributed by atoms with Crippen LogP contribution in [-0.2, 0) is 12.8 Å². The van der Waals surface area contributed by atoms with E-state index < -0.39 is 0 Å². The number of anilines is 1. The van der Waals surface area contributed by atoms with Crippen LogP contribution in [0, 0.1) is 0 Å². The van der Waals surface area contributed by atoms with Crippen molar-refractivity contribution in [3.8, 4) is 0 Å². The number of rotatable bonds is 1. The van der Waals surface area contributed by atoms with E-state index >= 15 is 0 Å². The molecule has 5 heteroatoms. The third-order valence-corrected chi connectivity index (χ3v) is 0.770. The minimum absolute atomic E-state index is 0.608. The summed E-state index contributed by atoms with van der Waals surface area (Å²) in [5, 5.41) is 6.13. The number of hydrogen-bond acceptors (Lipinski definition) is 3. The highest BCUT2D eigenvalue weighted by molar-refractivity contribution is 7.60. The lowest BCUT2D eigenvalue weighted by molar-refractivity contribution is 1.10. The molecule has 1 aromatic rings. The lowest BCUT2D eigenvalue weighted by Crippen LogP contribution is -1.85. The molecule has 0 amide bonds. The molecule has 1 aromatic heterocycles. The summed E-state index contributed by atoms with van der Waals surface area (Å²) in [6.45, 7) is 0. The highest BCUT2D eigenvalue weighted by Crippen LogP contribution is 1.86. The topological polar surface area (TPSA) is 53.6 Å². The van der Waals surface area contributed by atoms with Crippen LogP contribution in [0.4, 0.5) is 5.95 Å². The van der Waals surface area contributed by atoms with Gasteiger partial charge in [0.2, 0.25) is 0 Å². The molecule has 0 aliphatic rings. The summed E-state index contributed by atoms with van der Waals surface area (Å²) >= 11 is 3.00. The second kappa shape index (κ2) is 1.83. The Morgan fingerprint density at radius 3 is 3.00 bits per heavy atom. The van der Waals surface area contributed by atoms with E-state index in [0.29, 0.717) is 5.95 Å². The van der Waals surface area contributed by atoms with Gasteiger partial charge < -0.3 is 0 Å². The van der Waals surface area contributed by atoms with Crippen LogP contribution in [0.1, 0.15) is 0 Å². The Morgan fingerprint density at radius 1 is 1.86 bits per heavy atom. The van der Waals surface area contributed by atoms with Crippen LogP contribution >= 0.6 is 0 Å². The van der Waals surface area contributed by atoms with Gasteiger partial charge in [0.25, 0.3) is 5.95 Å². The third-order valence-electron chi connectivity index (χ3n) is 0.533. The van der Waals surface area contributed by atoms with Gasteiger partial charge in [-0.15, -0.1) is 0 Å². The zero-order valence-electron chi connectivity index (χ0n) is 3.47. The number of nitrogens with one attached hydrogen (secondary N) is 2. The molecule has 0 fully saturated rings. The van der Waals surface area contributed by atoms with Crippen molar-refractivity contribution in [2.24, 2.45) is 0 Å². The van der Waals surface area contributed by atoms with E-state index in [9.17, 15) is 0 Å². The highest BCUT2D eigenvalue weighted by atomic mass is 32.1. The average Bonchev–Trinajstić information content (AvgIpc) is 2.14. The molecule has 0 aliphatic heterocycles. The maximum atomic E-state index is 3.71. The summed E-state index contributed by atoms with van der Waals surface area (Å²) in [6.07, 6.45) is 1.42. The van der Waals surface area contributed by atoms with Crippen molar-refractivity contribution < 1.29 is 0 Å². The first kappa shape index (κ1) is 4.45. The summed E-state index contributed by atoms with van der Waals surface area (Å²) in [7, 11) is 0. The van der Waals surface area contributed by atoms with Crippen molar-refractivity contribution in [1.29, 1.82) is 0 Å². The maximum Gasteiger partial charge on any atom is 0.260 e. The van der Waals surface area contributed by atoms with Crippen LogP contribution in [0.15, 0.2) is 6.33 Å². The van der Waals surface area contributed by atoms with Gasteiger partial charge in [-0.2, -0.15) is 14.8 Å². The van der Waals surface area contributed by atoms with Gasteiger partial charge >= 0.3 is 0 Å². The fraction of sp³-hybridized carbons (Fsp3) is 0. The van der Waals surface area contributed by atoms with E-state index in [2.05, 4.69) is 32.7 Å². The third kappa shape index (κ3) is 0.833. The van der Waals surface area contributed by atoms with Crippen LogP contribution in [0.3, 0.4) is 0 Å². The zero-order chi connectivity index (χ0) is 5.11. The Hall–Kier alpha value is -0.710. The molecule has 0 saturated carbocycles. The van der Waals surface area contributed by atoms with E-state index in [1.807, 2.05) is 0 Å². The highest BCUT2D eigenvalue weighted by Gasteiger charge is 1.86. The van der Waals surface area contributed by atoms with E-state index in [1.165, 1.54) is 6.33 Å². The summed E-state index contributed by atoms with van der Waals surface area (Å²) in [5.41, 5.74) is 0. The van der Waals surface area contributed by atoms with Gasteiger partial charge in [0.15, 0.2) is 0 Å². The molecule has 0 bridgehead atoms. The first-order valence-corrected chi connectivity index (χ1v) is 2.21. The second-order valence-corrected chi connectivity index (χ2v) is 1.21. The molecule has 0 spiro atoms. The molecule has 2 N–H and O–H groups in total. The van der Waals surface area contributed by atoms with Crippen molar-refractivity contribution >= 4 is 18.8 Å². The molecule has 0 saturated heterocycles. The normalized spacial score (nSPS) is 8.71. The fourth-order valence-electron chi connectivity index (χ4n) is 0.266. The van der Waals surface area contributed by atoms with Crippen molar-refractivity contribution in [3.63, 3.8) is 0 Å².